The standard InChI is InChI=1S/C33H38N2O3/c1-8-34(9-2)25-15-17-26(18-16-25)35-29(23-12-10-11-21(3)19-23)28(31(37)32(35)38)30(36)27-20-24(33(5,6)7)14-13-22(27)4/h10-20,29,36H,8-9H2,1-7H3/b30-28+. The Kier molecular flexibility index (Phi) is 7.50. The minimum absolute atomic E-state index is 0.113. The van der Waals surface area contributed by atoms with Gasteiger partial charge in [0.1, 0.15) is 5.76 Å². The highest BCUT2D eigenvalue weighted by Gasteiger charge is 2.47. The van der Waals surface area contributed by atoms with Crippen molar-refractivity contribution in [3.05, 3.63) is 100 Å². The van der Waals surface area contributed by atoms with Crippen molar-refractivity contribution < 1.29 is 14.7 Å². The monoisotopic (exact) mass is 510 g/mol. The number of hydrogen-bond acceptors (Lipinski definition) is 4. The molecule has 0 saturated carbocycles. The smallest absolute Gasteiger partial charge is 0.300 e. The number of amides is 1. The largest absolute Gasteiger partial charge is 0.507 e. The van der Waals surface area contributed by atoms with Crippen LogP contribution in [0.15, 0.2) is 72.3 Å². The Morgan fingerprint density at radius 1 is 0.921 bits per heavy atom. The van der Waals surface area contributed by atoms with Gasteiger partial charge in [-0.3, -0.25) is 14.5 Å². The second-order valence-corrected chi connectivity index (χ2v) is 11.1. The molecule has 1 saturated heterocycles. The Labute approximate surface area is 226 Å². The summed E-state index contributed by atoms with van der Waals surface area (Å²) in [6, 6.07) is 20.7. The molecule has 0 bridgehead atoms. The zero-order valence-electron chi connectivity index (χ0n) is 23.5. The van der Waals surface area contributed by atoms with Crippen LogP contribution in [0.4, 0.5) is 11.4 Å². The molecule has 0 spiro atoms. The summed E-state index contributed by atoms with van der Waals surface area (Å²) in [7, 11) is 0. The number of carbonyl (C=O) groups is 2. The first-order valence-electron chi connectivity index (χ1n) is 13.3. The van der Waals surface area contributed by atoms with Crippen molar-refractivity contribution in [1.29, 1.82) is 0 Å². The Hall–Kier alpha value is -3.86. The molecule has 3 aromatic rings. The lowest BCUT2D eigenvalue weighted by molar-refractivity contribution is -0.132. The fourth-order valence-corrected chi connectivity index (χ4v) is 5.16. The highest BCUT2D eigenvalue weighted by molar-refractivity contribution is 6.51. The zero-order valence-corrected chi connectivity index (χ0v) is 23.5. The number of benzene rings is 3. The molecular formula is C33H38N2O3. The van der Waals surface area contributed by atoms with Gasteiger partial charge in [-0.25, -0.2) is 0 Å². The van der Waals surface area contributed by atoms with Crippen molar-refractivity contribution in [2.24, 2.45) is 0 Å². The molecule has 198 valence electrons. The summed E-state index contributed by atoms with van der Waals surface area (Å²) in [5.41, 5.74) is 5.89. The van der Waals surface area contributed by atoms with Crippen molar-refractivity contribution in [2.45, 2.75) is 59.9 Å². The summed E-state index contributed by atoms with van der Waals surface area (Å²) < 4.78 is 0. The third-order valence-electron chi connectivity index (χ3n) is 7.42. The van der Waals surface area contributed by atoms with E-state index >= 15 is 0 Å². The number of aryl methyl sites for hydroxylation is 2. The van der Waals surface area contributed by atoms with E-state index in [1.807, 2.05) is 80.6 Å². The van der Waals surface area contributed by atoms with Crippen molar-refractivity contribution in [3.8, 4) is 0 Å². The first kappa shape index (κ1) is 27.2. The van der Waals surface area contributed by atoms with Crippen LogP contribution < -0.4 is 9.80 Å². The van der Waals surface area contributed by atoms with Crippen molar-refractivity contribution in [2.75, 3.05) is 22.9 Å². The number of carbonyl (C=O) groups excluding carboxylic acids is 2. The Morgan fingerprint density at radius 3 is 2.16 bits per heavy atom. The number of anilines is 2. The summed E-state index contributed by atoms with van der Waals surface area (Å²) >= 11 is 0. The van der Waals surface area contributed by atoms with E-state index in [4.69, 9.17) is 0 Å². The van der Waals surface area contributed by atoms with Gasteiger partial charge >= 0.3 is 0 Å². The minimum atomic E-state index is -0.744. The van der Waals surface area contributed by atoms with Gasteiger partial charge in [0.05, 0.1) is 11.6 Å². The molecule has 1 N–H and O–H groups in total. The first-order chi connectivity index (χ1) is 18.0. The highest BCUT2D eigenvalue weighted by atomic mass is 16.3. The van der Waals surface area contributed by atoms with E-state index in [2.05, 4.69) is 39.5 Å². The minimum Gasteiger partial charge on any atom is -0.507 e. The van der Waals surface area contributed by atoms with E-state index in [9.17, 15) is 14.7 Å². The maximum Gasteiger partial charge on any atom is 0.300 e. The summed E-state index contributed by atoms with van der Waals surface area (Å²) in [6.07, 6.45) is 0. The van der Waals surface area contributed by atoms with Gasteiger partial charge in [0.15, 0.2) is 0 Å². The highest BCUT2D eigenvalue weighted by Crippen LogP contribution is 2.43. The molecule has 5 heteroatoms. The van der Waals surface area contributed by atoms with Crippen LogP contribution in [0, 0.1) is 13.8 Å². The molecule has 0 radical (unpaired) electrons. The second kappa shape index (κ2) is 10.5. The number of ketones is 1. The van der Waals surface area contributed by atoms with Crippen LogP contribution in [0.5, 0.6) is 0 Å². The van der Waals surface area contributed by atoms with E-state index in [1.54, 1.807) is 0 Å². The van der Waals surface area contributed by atoms with E-state index in [1.165, 1.54) is 4.90 Å². The maximum absolute atomic E-state index is 13.6. The molecule has 4 rings (SSSR count). The third-order valence-corrected chi connectivity index (χ3v) is 7.42. The molecule has 1 aliphatic rings. The average Bonchev–Trinajstić information content (AvgIpc) is 3.14. The summed E-state index contributed by atoms with van der Waals surface area (Å²) in [5, 5.41) is 11.7. The molecule has 0 aliphatic carbocycles. The lowest BCUT2D eigenvalue weighted by Crippen LogP contribution is -2.29. The van der Waals surface area contributed by atoms with Crippen molar-refractivity contribution >= 4 is 28.8 Å². The Bertz CT molecular complexity index is 1390. The van der Waals surface area contributed by atoms with Crippen molar-refractivity contribution in [1.82, 2.24) is 0 Å². The molecule has 38 heavy (non-hydrogen) atoms. The predicted molar refractivity (Wildman–Crippen MR) is 156 cm³/mol. The van der Waals surface area contributed by atoms with Gasteiger partial charge in [-0.2, -0.15) is 0 Å². The first-order valence-corrected chi connectivity index (χ1v) is 13.3. The molecule has 1 aliphatic heterocycles. The quantitative estimate of drug-likeness (QED) is 0.219. The molecule has 1 fully saturated rings. The van der Waals surface area contributed by atoms with Crippen LogP contribution in [0.2, 0.25) is 0 Å². The second-order valence-electron chi connectivity index (χ2n) is 11.1. The SMILES string of the molecule is CCN(CC)c1ccc(N2C(=O)C(=O)/C(=C(/O)c3cc(C(C)(C)C)ccc3C)C2c2cccc(C)c2)cc1. The molecule has 3 aromatic carbocycles. The molecule has 1 atom stereocenters. The predicted octanol–water partition coefficient (Wildman–Crippen LogP) is 7.07. The molecule has 1 unspecified atom stereocenters. The number of Topliss-reactive ketones (excluding diaryl/α,β-unsaturated/α-hetero) is 1. The van der Waals surface area contributed by atoms with E-state index in [0.29, 0.717) is 11.3 Å². The topological polar surface area (TPSA) is 60.9 Å². The molecular weight excluding hydrogens is 472 g/mol. The lowest BCUT2D eigenvalue weighted by atomic mass is 9.84. The third kappa shape index (κ3) is 4.98. The molecule has 0 aromatic heterocycles. The molecule has 1 heterocycles. The van der Waals surface area contributed by atoms with Gasteiger partial charge in [0.2, 0.25) is 0 Å². The van der Waals surface area contributed by atoms with Gasteiger partial charge in [0.25, 0.3) is 11.7 Å². The Balaban J connectivity index is 1.92. The van der Waals surface area contributed by atoms with Crippen LogP contribution in [0.3, 0.4) is 0 Å². The summed E-state index contributed by atoms with van der Waals surface area (Å²) in [6.45, 7) is 16.2. The number of aliphatic hydroxyl groups is 1. The lowest BCUT2D eigenvalue weighted by Gasteiger charge is -2.27. The van der Waals surface area contributed by atoms with Crippen LogP contribution in [0.1, 0.15) is 68.5 Å². The number of aliphatic hydroxyl groups excluding tert-OH is 1. The molecule has 5 nitrogen and oxygen atoms in total. The summed E-state index contributed by atoms with van der Waals surface area (Å²) in [4.78, 5) is 30.9. The van der Waals surface area contributed by atoms with E-state index < -0.39 is 17.7 Å². The van der Waals surface area contributed by atoms with E-state index in [-0.39, 0.29) is 16.7 Å². The van der Waals surface area contributed by atoms with Gasteiger partial charge < -0.3 is 10.0 Å². The van der Waals surface area contributed by atoms with Gasteiger partial charge in [-0.05, 0) is 80.1 Å². The normalized spacial score (nSPS) is 17.2. The molecule has 1 amide bonds. The van der Waals surface area contributed by atoms with Crippen LogP contribution in [0.25, 0.3) is 5.76 Å². The number of rotatable bonds is 6. The van der Waals surface area contributed by atoms with Crippen LogP contribution in [-0.4, -0.2) is 29.9 Å². The maximum atomic E-state index is 13.6. The van der Waals surface area contributed by atoms with Gasteiger partial charge in [-0.1, -0.05) is 62.7 Å². The average molecular weight is 511 g/mol. The Morgan fingerprint density at radius 2 is 1.58 bits per heavy atom. The van der Waals surface area contributed by atoms with Crippen LogP contribution >= 0.6 is 0 Å². The summed E-state index contributed by atoms with van der Waals surface area (Å²) in [5.74, 6) is -1.46. The van der Waals surface area contributed by atoms with Gasteiger partial charge in [-0.15, -0.1) is 0 Å². The number of hydrogen-bond donors (Lipinski definition) is 1. The zero-order chi connectivity index (χ0) is 27.8. The fourth-order valence-electron chi connectivity index (χ4n) is 5.16. The van der Waals surface area contributed by atoms with Gasteiger partial charge in [0, 0.05) is 30.0 Å². The van der Waals surface area contributed by atoms with Crippen LogP contribution in [-0.2, 0) is 15.0 Å². The number of nitrogens with zero attached hydrogens (tertiary/aromatic N) is 2. The van der Waals surface area contributed by atoms with E-state index in [0.717, 1.165) is 41.0 Å². The van der Waals surface area contributed by atoms with Crippen molar-refractivity contribution in [3.63, 3.8) is 0 Å². The fraction of sp³-hybridized carbons (Fsp3) is 0.333.